The summed E-state index contributed by atoms with van der Waals surface area (Å²) in [5, 5.41) is 8.82. The molecule has 0 aromatic heterocycles. The van der Waals surface area contributed by atoms with Crippen LogP contribution in [0.1, 0.15) is 5.56 Å². The van der Waals surface area contributed by atoms with E-state index in [1.165, 1.54) is 0 Å². The highest BCUT2D eigenvalue weighted by atomic mass is 32.2. The molecular formula is C12H6F6O3S. The van der Waals surface area contributed by atoms with Crippen molar-refractivity contribution in [3.8, 4) is 5.75 Å². The largest absolute Gasteiger partial charge is 0.478 e. The maximum Gasteiger partial charge on any atom is 0.446 e. The Morgan fingerprint density at radius 1 is 1.18 bits per heavy atom. The molecule has 1 aromatic rings. The van der Waals surface area contributed by atoms with Crippen LogP contribution in [0.15, 0.2) is 28.7 Å². The van der Waals surface area contributed by atoms with Gasteiger partial charge in [-0.1, -0.05) is 0 Å². The van der Waals surface area contributed by atoms with E-state index < -0.39 is 41.1 Å². The number of hydrogen-bond donors (Lipinski definition) is 1. The van der Waals surface area contributed by atoms with E-state index in [9.17, 15) is 31.1 Å². The van der Waals surface area contributed by atoms with Gasteiger partial charge in [0.05, 0.1) is 5.57 Å². The Balaban J connectivity index is 2.43. The molecule has 0 spiro atoms. The van der Waals surface area contributed by atoms with Crippen LogP contribution in [-0.2, 0) is 4.79 Å². The quantitative estimate of drug-likeness (QED) is 0.648. The SMILES string of the molecule is O=C(O)C1=Cc2cc(SC(F)(F)F)ccc2O[C@@H]1C(F)(F)F. The van der Waals surface area contributed by atoms with Crippen molar-refractivity contribution in [2.24, 2.45) is 0 Å². The molecule has 22 heavy (non-hydrogen) atoms. The van der Waals surface area contributed by atoms with E-state index in [1.807, 2.05) is 0 Å². The molecule has 0 saturated carbocycles. The van der Waals surface area contributed by atoms with Crippen LogP contribution in [-0.4, -0.2) is 28.9 Å². The lowest BCUT2D eigenvalue weighted by molar-refractivity contribution is -0.187. The smallest absolute Gasteiger partial charge is 0.446 e. The summed E-state index contributed by atoms with van der Waals surface area (Å²) in [4.78, 5) is 10.6. The molecule has 0 saturated heterocycles. The summed E-state index contributed by atoms with van der Waals surface area (Å²) in [7, 11) is 0. The lowest BCUT2D eigenvalue weighted by Gasteiger charge is -2.27. The van der Waals surface area contributed by atoms with Gasteiger partial charge >= 0.3 is 17.7 Å². The molecule has 1 heterocycles. The van der Waals surface area contributed by atoms with E-state index in [2.05, 4.69) is 4.74 Å². The molecule has 0 unspecified atom stereocenters. The van der Waals surface area contributed by atoms with Crippen molar-refractivity contribution >= 4 is 23.8 Å². The fourth-order valence-electron chi connectivity index (χ4n) is 1.79. The van der Waals surface area contributed by atoms with Crippen LogP contribution < -0.4 is 4.74 Å². The number of hydrogen-bond acceptors (Lipinski definition) is 3. The second-order valence-electron chi connectivity index (χ2n) is 4.19. The Morgan fingerprint density at radius 2 is 1.82 bits per heavy atom. The lowest BCUT2D eigenvalue weighted by Crippen LogP contribution is -2.40. The molecule has 1 aliphatic heterocycles. The summed E-state index contributed by atoms with van der Waals surface area (Å²) in [5.41, 5.74) is -5.82. The van der Waals surface area contributed by atoms with Crippen molar-refractivity contribution in [3.63, 3.8) is 0 Å². The number of halogens is 6. The van der Waals surface area contributed by atoms with Crippen molar-refractivity contribution in [1.82, 2.24) is 0 Å². The van der Waals surface area contributed by atoms with Crippen molar-refractivity contribution in [2.45, 2.75) is 22.7 Å². The maximum atomic E-state index is 12.8. The minimum absolute atomic E-state index is 0.160. The van der Waals surface area contributed by atoms with Crippen molar-refractivity contribution < 1.29 is 41.0 Å². The fraction of sp³-hybridized carbons (Fsp3) is 0.250. The average Bonchev–Trinajstić information content (AvgIpc) is 2.33. The van der Waals surface area contributed by atoms with Crippen LogP contribution in [0, 0.1) is 0 Å². The Kier molecular flexibility index (Phi) is 4.07. The number of ether oxygens (including phenoxy) is 1. The third kappa shape index (κ3) is 3.67. The second kappa shape index (κ2) is 5.41. The van der Waals surface area contributed by atoms with Crippen LogP contribution >= 0.6 is 11.8 Å². The molecule has 0 amide bonds. The third-order valence-electron chi connectivity index (χ3n) is 2.60. The van der Waals surface area contributed by atoms with Gasteiger partial charge in [-0.05, 0) is 36.0 Å². The Hall–Kier alpha value is -1.84. The monoisotopic (exact) mass is 344 g/mol. The Bertz CT molecular complexity index is 635. The highest BCUT2D eigenvalue weighted by Crippen LogP contribution is 2.42. The summed E-state index contributed by atoms with van der Waals surface area (Å²) in [5.74, 6) is -2.19. The van der Waals surface area contributed by atoms with E-state index >= 15 is 0 Å². The molecule has 10 heteroatoms. The predicted molar refractivity (Wildman–Crippen MR) is 64.4 cm³/mol. The van der Waals surface area contributed by atoms with Crippen LogP contribution in [0.25, 0.3) is 6.08 Å². The van der Waals surface area contributed by atoms with Gasteiger partial charge in [-0.15, -0.1) is 0 Å². The first kappa shape index (κ1) is 16.5. The standard InChI is InChI=1S/C12H6F6O3S/c13-11(14,15)9-7(10(19)20)4-5-3-6(22-12(16,17)18)1-2-8(5)21-9/h1-4,9H,(H,19,20)/t9-/m0/s1. The van der Waals surface area contributed by atoms with Crippen LogP contribution in [0.2, 0.25) is 0 Å². The zero-order chi connectivity index (χ0) is 16.7. The van der Waals surface area contributed by atoms with Crippen LogP contribution in [0.3, 0.4) is 0 Å². The number of aliphatic carboxylic acids is 1. The van der Waals surface area contributed by atoms with Crippen molar-refractivity contribution in [3.05, 3.63) is 29.3 Å². The number of carbonyl (C=O) groups is 1. The van der Waals surface area contributed by atoms with E-state index in [1.54, 1.807) is 0 Å². The van der Waals surface area contributed by atoms with Crippen LogP contribution in [0.5, 0.6) is 5.75 Å². The molecule has 1 N–H and O–H groups in total. The first-order valence-electron chi connectivity index (χ1n) is 5.55. The molecule has 0 radical (unpaired) electrons. The van der Waals surface area contributed by atoms with Crippen molar-refractivity contribution in [1.29, 1.82) is 0 Å². The highest BCUT2D eigenvalue weighted by molar-refractivity contribution is 8.00. The minimum Gasteiger partial charge on any atom is -0.478 e. The van der Waals surface area contributed by atoms with Gasteiger partial charge in [0.15, 0.2) is 0 Å². The molecule has 3 nitrogen and oxygen atoms in total. The molecular weight excluding hydrogens is 338 g/mol. The summed E-state index contributed by atoms with van der Waals surface area (Å²) in [6.07, 6.45) is -6.96. The zero-order valence-electron chi connectivity index (χ0n) is 10.3. The van der Waals surface area contributed by atoms with E-state index in [4.69, 9.17) is 5.11 Å². The molecule has 1 aromatic carbocycles. The van der Waals surface area contributed by atoms with Gasteiger partial charge in [0.25, 0.3) is 0 Å². The van der Waals surface area contributed by atoms with Crippen LogP contribution in [0.4, 0.5) is 26.3 Å². The van der Waals surface area contributed by atoms with Gasteiger partial charge in [-0.2, -0.15) is 26.3 Å². The second-order valence-corrected chi connectivity index (χ2v) is 5.33. The summed E-state index contributed by atoms with van der Waals surface area (Å²) in [6, 6.07) is 2.81. The number of carboxylic acid groups (broad SMARTS) is 1. The van der Waals surface area contributed by atoms with Gasteiger partial charge < -0.3 is 9.84 Å². The van der Waals surface area contributed by atoms with Gasteiger partial charge in [-0.3, -0.25) is 0 Å². The van der Waals surface area contributed by atoms with E-state index in [0.29, 0.717) is 6.08 Å². The topological polar surface area (TPSA) is 46.5 Å². The molecule has 0 aliphatic carbocycles. The summed E-state index contributed by atoms with van der Waals surface area (Å²) >= 11 is -0.465. The first-order chi connectivity index (χ1) is 9.97. The first-order valence-corrected chi connectivity index (χ1v) is 6.37. The molecule has 120 valence electrons. The highest BCUT2D eigenvalue weighted by Gasteiger charge is 2.48. The minimum atomic E-state index is -4.96. The molecule has 1 aliphatic rings. The number of rotatable bonds is 2. The molecule has 0 bridgehead atoms. The normalized spacial score (nSPS) is 18.3. The zero-order valence-corrected chi connectivity index (χ0v) is 11.1. The van der Waals surface area contributed by atoms with Gasteiger partial charge in [0.1, 0.15) is 5.75 Å². The van der Waals surface area contributed by atoms with Crippen molar-refractivity contribution in [2.75, 3.05) is 0 Å². The third-order valence-corrected chi connectivity index (χ3v) is 3.32. The van der Waals surface area contributed by atoms with Gasteiger partial charge in [0.2, 0.25) is 6.10 Å². The maximum absolute atomic E-state index is 12.8. The number of thioether (sulfide) groups is 1. The number of fused-ring (bicyclic) bond motifs is 1. The average molecular weight is 344 g/mol. The molecule has 0 fully saturated rings. The number of carboxylic acids is 1. The predicted octanol–water partition coefficient (Wildman–Crippen LogP) is 4.09. The van der Waals surface area contributed by atoms with E-state index in [0.717, 1.165) is 18.2 Å². The lowest BCUT2D eigenvalue weighted by atomic mass is 10.0. The van der Waals surface area contributed by atoms with E-state index in [-0.39, 0.29) is 16.2 Å². The number of benzene rings is 1. The van der Waals surface area contributed by atoms with Gasteiger partial charge in [0, 0.05) is 10.5 Å². The van der Waals surface area contributed by atoms with Gasteiger partial charge in [-0.25, -0.2) is 4.79 Å². The molecule has 2 rings (SSSR count). The fourth-order valence-corrected chi connectivity index (χ4v) is 2.38. The Labute approximate surface area is 123 Å². The Morgan fingerprint density at radius 3 is 2.32 bits per heavy atom. The number of alkyl halides is 6. The summed E-state index contributed by atoms with van der Waals surface area (Å²) < 4.78 is 79.7. The summed E-state index contributed by atoms with van der Waals surface area (Å²) in [6.45, 7) is 0. The molecule has 1 atom stereocenters.